The normalized spacial score (nSPS) is 16.1. The van der Waals surface area contributed by atoms with Crippen LogP contribution in [0.4, 0.5) is 11.6 Å². The van der Waals surface area contributed by atoms with Crippen LogP contribution >= 0.6 is 0 Å². The predicted molar refractivity (Wildman–Crippen MR) is 123 cm³/mol. The lowest BCUT2D eigenvalue weighted by atomic mass is 9.94. The summed E-state index contributed by atoms with van der Waals surface area (Å²) in [6, 6.07) is 12.3. The molecule has 0 fully saturated rings. The third-order valence-electron chi connectivity index (χ3n) is 5.67. The van der Waals surface area contributed by atoms with E-state index in [2.05, 4.69) is 25.6 Å². The number of benzene rings is 1. The second kappa shape index (κ2) is 8.00. The van der Waals surface area contributed by atoms with E-state index in [1.807, 2.05) is 37.3 Å². The van der Waals surface area contributed by atoms with Gasteiger partial charge in [-0.05, 0) is 48.9 Å². The van der Waals surface area contributed by atoms with Crippen molar-refractivity contribution in [3.05, 3.63) is 84.1 Å². The average Bonchev–Trinajstić information content (AvgIpc) is 3.50. The third-order valence-corrected chi connectivity index (χ3v) is 5.67. The van der Waals surface area contributed by atoms with E-state index in [0.29, 0.717) is 40.2 Å². The van der Waals surface area contributed by atoms with E-state index in [0.717, 1.165) is 11.1 Å². The highest BCUT2D eigenvalue weighted by Crippen LogP contribution is 2.41. The van der Waals surface area contributed by atoms with Gasteiger partial charge < -0.3 is 20.1 Å². The van der Waals surface area contributed by atoms with Gasteiger partial charge in [0.15, 0.2) is 17.3 Å². The minimum absolute atomic E-state index is 0.162. The first-order valence-corrected chi connectivity index (χ1v) is 10.6. The summed E-state index contributed by atoms with van der Waals surface area (Å²) in [5, 5.41) is 10.9. The minimum Gasteiger partial charge on any atom is -0.454 e. The van der Waals surface area contributed by atoms with Gasteiger partial charge in [0.1, 0.15) is 6.04 Å². The second-order valence-corrected chi connectivity index (χ2v) is 7.81. The molecule has 5 heterocycles. The fourth-order valence-electron chi connectivity index (χ4n) is 4.09. The molecule has 10 nitrogen and oxygen atoms in total. The zero-order valence-corrected chi connectivity index (χ0v) is 18.1. The molecule has 10 heteroatoms. The first-order valence-electron chi connectivity index (χ1n) is 10.6. The number of nitrogens with zero attached hydrogens (tertiary/aromatic N) is 5. The smallest absolute Gasteiger partial charge is 0.255 e. The molecule has 34 heavy (non-hydrogen) atoms. The summed E-state index contributed by atoms with van der Waals surface area (Å²) in [6.07, 6.45) is 6.63. The summed E-state index contributed by atoms with van der Waals surface area (Å²) in [6.45, 7) is 2.01. The van der Waals surface area contributed by atoms with E-state index < -0.39 is 6.04 Å². The second-order valence-electron chi connectivity index (χ2n) is 7.81. The van der Waals surface area contributed by atoms with Gasteiger partial charge in [0, 0.05) is 29.9 Å². The molecule has 1 unspecified atom stereocenters. The number of amides is 1. The number of fused-ring (bicyclic) bond motifs is 2. The Bertz CT molecular complexity index is 1420. The molecular formula is C24H19N7O3. The number of rotatable bonds is 4. The lowest BCUT2D eigenvalue weighted by Crippen LogP contribution is -2.31. The van der Waals surface area contributed by atoms with Gasteiger partial charge in [-0.15, -0.1) is 5.10 Å². The molecule has 0 saturated heterocycles. The van der Waals surface area contributed by atoms with Gasteiger partial charge in [0.2, 0.25) is 12.7 Å². The number of nitrogens with one attached hydrogen (secondary N) is 2. The molecule has 0 bridgehead atoms. The van der Waals surface area contributed by atoms with Crippen molar-refractivity contribution in [3.63, 3.8) is 0 Å². The number of anilines is 2. The lowest BCUT2D eigenvalue weighted by molar-refractivity contribution is -0.113. The Kier molecular flexibility index (Phi) is 4.69. The van der Waals surface area contributed by atoms with Crippen LogP contribution in [0.1, 0.15) is 18.5 Å². The number of carbonyl (C=O) groups is 1. The maximum absolute atomic E-state index is 13.5. The van der Waals surface area contributed by atoms with Crippen LogP contribution in [-0.4, -0.2) is 37.4 Å². The van der Waals surface area contributed by atoms with Crippen molar-refractivity contribution >= 4 is 17.5 Å². The SMILES string of the molecule is CC1=C(C(=O)Nc2cccnc2)C(c2ccc3c(c2)OCO3)n2nc(-c3ccncc3)nc2N1. The van der Waals surface area contributed by atoms with Crippen LogP contribution in [-0.2, 0) is 4.79 Å². The molecular weight excluding hydrogens is 434 g/mol. The monoisotopic (exact) mass is 453 g/mol. The number of aromatic nitrogens is 5. The Balaban J connectivity index is 1.47. The van der Waals surface area contributed by atoms with Gasteiger partial charge in [0.25, 0.3) is 5.91 Å². The highest BCUT2D eigenvalue weighted by atomic mass is 16.7. The Morgan fingerprint density at radius 2 is 1.94 bits per heavy atom. The van der Waals surface area contributed by atoms with Crippen LogP contribution in [0.25, 0.3) is 11.4 Å². The average molecular weight is 453 g/mol. The van der Waals surface area contributed by atoms with Crippen LogP contribution in [0.2, 0.25) is 0 Å². The molecule has 168 valence electrons. The molecule has 2 N–H and O–H groups in total. The van der Waals surface area contributed by atoms with Crippen LogP contribution in [0, 0.1) is 0 Å². The number of carbonyl (C=O) groups excluding carboxylic acids is 1. The highest BCUT2D eigenvalue weighted by Gasteiger charge is 2.35. The Morgan fingerprint density at radius 3 is 2.76 bits per heavy atom. The lowest BCUT2D eigenvalue weighted by Gasteiger charge is -2.28. The Hall–Kier alpha value is -4.73. The molecule has 2 aliphatic heterocycles. The molecule has 4 aromatic rings. The largest absolute Gasteiger partial charge is 0.454 e. The fourth-order valence-corrected chi connectivity index (χ4v) is 4.09. The summed E-state index contributed by atoms with van der Waals surface area (Å²) in [5.74, 6) is 2.07. The first kappa shape index (κ1) is 19.9. The zero-order valence-electron chi connectivity index (χ0n) is 18.1. The fraction of sp³-hybridized carbons (Fsp3) is 0.125. The summed E-state index contributed by atoms with van der Waals surface area (Å²) >= 11 is 0. The molecule has 0 radical (unpaired) electrons. The van der Waals surface area contributed by atoms with Crippen molar-refractivity contribution in [2.45, 2.75) is 13.0 Å². The summed E-state index contributed by atoms with van der Waals surface area (Å²) < 4.78 is 12.8. The van der Waals surface area contributed by atoms with E-state index >= 15 is 0 Å². The Morgan fingerprint density at radius 1 is 1.09 bits per heavy atom. The molecule has 0 saturated carbocycles. The van der Waals surface area contributed by atoms with E-state index in [9.17, 15) is 4.79 Å². The van der Waals surface area contributed by atoms with Gasteiger partial charge in [-0.2, -0.15) is 4.98 Å². The zero-order chi connectivity index (χ0) is 23.1. The molecule has 0 aliphatic carbocycles. The van der Waals surface area contributed by atoms with Crippen molar-refractivity contribution in [1.82, 2.24) is 24.7 Å². The van der Waals surface area contributed by atoms with Gasteiger partial charge >= 0.3 is 0 Å². The molecule has 1 aromatic carbocycles. The Labute approximate surface area is 194 Å². The quantitative estimate of drug-likeness (QED) is 0.483. The van der Waals surface area contributed by atoms with E-state index in [1.165, 1.54) is 0 Å². The minimum atomic E-state index is -0.550. The molecule has 0 spiro atoms. The number of hydrogen-bond acceptors (Lipinski definition) is 8. The predicted octanol–water partition coefficient (Wildman–Crippen LogP) is 3.39. The molecule has 3 aromatic heterocycles. The number of allylic oxidation sites excluding steroid dienone is 1. The van der Waals surface area contributed by atoms with Gasteiger partial charge in [-0.25, -0.2) is 4.68 Å². The van der Waals surface area contributed by atoms with Crippen LogP contribution in [0.15, 0.2) is 78.5 Å². The number of pyridine rings is 2. The number of hydrogen-bond donors (Lipinski definition) is 2. The van der Waals surface area contributed by atoms with Crippen LogP contribution in [0.5, 0.6) is 11.5 Å². The van der Waals surface area contributed by atoms with E-state index in [1.54, 1.807) is 41.6 Å². The summed E-state index contributed by atoms with van der Waals surface area (Å²) in [5.41, 5.74) is 3.40. The maximum atomic E-state index is 13.5. The van der Waals surface area contributed by atoms with Crippen LogP contribution < -0.4 is 20.1 Å². The van der Waals surface area contributed by atoms with Gasteiger partial charge in [0.05, 0.1) is 17.5 Å². The molecule has 1 amide bonds. The van der Waals surface area contributed by atoms with Gasteiger partial charge in [-0.1, -0.05) is 6.07 Å². The van der Waals surface area contributed by atoms with E-state index in [4.69, 9.17) is 14.6 Å². The van der Waals surface area contributed by atoms with Crippen molar-refractivity contribution in [1.29, 1.82) is 0 Å². The highest BCUT2D eigenvalue weighted by molar-refractivity contribution is 6.06. The van der Waals surface area contributed by atoms with Crippen molar-refractivity contribution < 1.29 is 14.3 Å². The van der Waals surface area contributed by atoms with Crippen LogP contribution in [0.3, 0.4) is 0 Å². The van der Waals surface area contributed by atoms with Gasteiger partial charge in [-0.3, -0.25) is 14.8 Å². The van der Waals surface area contributed by atoms with E-state index in [-0.39, 0.29) is 12.7 Å². The van der Waals surface area contributed by atoms with Crippen molar-refractivity contribution in [2.24, 2.45) is 0 Å². The molecule has 2 aliphatic rings. The third kappa shape index (κ3) is 3.41. The first-order chi connectivity index (χ1) is 16.7. The van der Waals surface area contributed by atoms with Crippen molar-refractivity contribution in [3.8, 4) is 22.9 Å². The maximum Gasteiger partial charge on any atom is 0.255 e. The summed E-state index contributed by atoms with van der Waals surface area (Å²) in [7, 11) is 0. The standard InChI is InChI=1S/C24H19N7O3/c1-14-20(23(32)28-17-3-2-8-26-12-17)21(16-4-5-18-19(11-16)34-13-33-18)31-24(27-14)29-22(30-31)15-6-9-25-10-7-15/h2-12,21H,13H2,1H3,(H,28,32)(H,27,29,30). The van der Waals surface area contributed by atoms with Crippen molar-refractivity contribution in [2.75, 3.05) is 17.4 Å². The number of ether oxygens (including phenoxy) is 2. The summed E-state index contributed by atoms with van der Waals surface area (Å²) in [4.78, 5) is 26.3. The topological polar surface area (TPSA) is 116 Å². The molecule has 1 atom stereocenters. The molecule has 6 rings (SSSR count).